The van der Waals surface area contributed by atoms with Gasteiger partial charge >= 0.3 is 0 Å². The van der Waals surface area contributed by atoms with Crippen LogP contribution in [0.5, 0.6) is 0 Å². The summed E-state index contributed by atoms with van der Waals surface area (Å²) >= 11 is 0. The standard InChI is InChI=1S/C14H24N2O4S/c1-3-10(2)13-14(18)16(7-4-12(17)15-13)11-5-8-21(19,20)9-6-11/h10-11,13H,3-9H2,1-2H3,(H,15,17). The molecule has 0 aromatic rings. The van der Waals surface area contributed by atoms with Gasteiger partial charge in [-0.1, -0.05) is 20.3 Å². The topological polar surface area (TPSA) is 83.6 Å². The highest BCUT2D eigenvalue weighted by Crippen LogP contribution is 2.22. The van der Waals surface area contributed by atoms with Crippen molar-refractivity contribution >= 4 is 21.7 Å². The fourth-order valence-corrected chi connectivity index (χ4v) is 4.46. The first kappa shape index (κ1) is 16.3. The number of nitrogens with one attached hydrogen (secondary N) is 1. The van der Waals surface area contributed by atoms with Gasteiger partial charge in [-0.05, 0) is 18.8 Å². The van der Waals surface area contributed by atoms with Crippen molar-refractivity contribution in [2.45, 2.75) is 51.6 Å². The van der Waals surface area contributed by atoms with Gasteiger partial charge in [0.2, 0.25) is 11.8 Å². The minimum Gasteiger partial charge on any atom is -0.344 e. The Kier molecular flexibility index (Phi) is 4.91. The van der Waals surface area contributed by atoms with Gasteiger partial charge in [-0.15, -0.1) is 0 Å². The van der Waals surface area contributed by atoms with E-state index in [0.717, 1.165) is 6.42 Å². The van der Waals surface area contributed by atoms with Crippen LogP contribution in [0.1, 0.15) is 39.5 Å². The molecule has 0 spiro atoms. The van der Waals surface area contributed by atoms with Crippen LogP contribution in [0.25, 0.3) is 0 Å². The van der Waals surface area contributed by atoms with Crippen LogP contribution < -0.4 is 5.32 Å². The molecule has 7 heteroatoms. The van der Waals surface area contributed by atoms with E-state index in [1.807, 2.05) is 13.8 Å². The van der Waals surface area contributed by atoms with E-state index in [0.29, 0.717) is 25.8 Å². The highest BCUT2D eigenvalue weighted by molar-refractivity contribution is 7.91. The lowest BCUT2D eigenvalue weighted by atomic mass is 9.97. The fourth-order valence-electron chi connectivity index (χ4n) is 2.99. The predicted octanol–water partition coefficient (Wildman–Crippen LogP) is 0.327. The average Bonchev–Trinajstić information content (AvgIpc) is 2.58. The first-order valence-corrected chi connectivity index (χ1v) is 9.46. The maximum atomic E-state index is 12.7. The highest BCUT2D eigenvalue weighted by atomic mass is 32.2. The Morgan fingerprint density at radius 2 is 1.90 bits per heavy atom. The maximum Gasteiger partial charge on any atom is 0.245 e. The van der Waals surface area contributed by atoms with Crippen LogP contribution in [0.2, 0.25) is 0 Å². The van der Waals surface area contributed by atoms with Gasteiger partial charge in [0, 0.05) is 19.0 Å². The molecule has 0 saturated carbocycles. The molecule has 0 aromatic carbocycles. The number of rotatable bonds is 3. The largest absolute Gasteiger partial charge is 0.344 e. The third kappa shape index (κ3) is 3.75. The molecule has 0 radical (unpaired) electrons. The molecule has 21 heavy (non-hydrogen) atoms. The second-order valence-corrected chi connectivity index (χ2v) is 8.40. The number of carbonyl (C=O) groups excluding carboxylic acids is 2. The normalized spacial score (nSPS) is 28.9. The Labute approximate surface area is 126 Å². The van der Waals surface area contributed by atoms with Gasteiger partial charge < -0.3 is 10.2 Å². The SMILES string of the molecule is CCC(C)C1NC(=O)CCN(C2CCS(=O)(=O)CC2)C1=O. The smallest absolute Gasteiger partial charge is 0.245 e. The number of amides is 2. The minimum absolute atomic E-state index is 0.0553. The summed E-state index contributed by atoms with van der Waals surface area (Å²) in [6.45, 7) is 4.34. The summed E-state index contributed by atoms with van der Waals surface area (Å²) in [7, 11) is -2.95. The summed E-state index contributed by atoms with van der Waals surface area (Å²) in [5.41, 5.74) is 0. The molecule has 2 aliphatic rings. The Balaban J connectivity index is 2.14. The van der Waals surface area contributed by atoms with E-state index < -0.39 is 15.9 Å². The first-order valence-electron chi connectivity index (χ1n) is 7.64. The molecule has 0 bridgehead atoms. The summed E-state index contributed by atoms with van der Waals surface area (Å²) in [4.78, 5) is 26.3. The van der Waals surface area contributed by atoms with Crippen LogP contribution in [-0.2, 0) is 19.4 Å². The van der Waals surface area contributed by atoms with Gasteiger partial charge in [-0.25, -0.2) is 8.42 Å². The molecule has 1 N–H and O–H groups in total. The molecule has 2 atom stereocenters. The number of hydrogen-bond donors (Lipinski definition) is 1. The predicted molar refractivity (Wildman–Crippen MR) is 79.4 cm³/mol. The second kappa shape index (κ2) is 6.34. The van der Waals surface area contributed by atoms with Crippen molar-refractivity contribution in [3.63, 3.8) is 0 Å². The monoisotopic (exact) mass is 316 g/mol. The minimum atomic E-state index is -2.95. The molecule has 120 valence electrons. The van der Waals surface area contributed by atoms with Gasteiger partial charge in [0.25, 0.3) is 0 Å². The maximum absolute atomic E-state index is 12.7. The first-order chi connectivity index (χ1) is 9.84. The van der Waals surface area contributed by atoms with E-state index in [2.05, 4.69) is 5.32 Å². The number of carbonyl (C=O) groups is 2. The Hall–Kier alpha value is -1.11. The molecule has 2 fully saturated rings. The molecule has 2 heterocycles. The third-order valence-corrected chi connectivity index (χ3v) is 6.34. The Morgan fingerprint density at radius 3 is 2.48 bits per heavy atom. The van der Waals surface area contributed by atoms with Crippen LogP contribution in [0.4, 0.5) is 0 Å². The van der Waals surface area contributed by atoms with E-state index in [-0.39, 0.29) is 35.3 Å². The van der Waals surface area contributed by atoms with E-state index in [4.69, 9.17) is 0 Å². The zero-order valence-corrected chi connectivity index (χ0v) is 13.5. The number of nitrogens with zero attached hydrogens (tertiary/aromatic N) is 1. The molecule has 2 aliphatic heterocycles. The van der Waals surface area contributed by atoms with Crippen molar-refractivity contribution < 1.29 is 18.0 Å². The van der Waals surface area contributed by atoms with Crippen LogP contribution in [0, 0.1) is 5.92 Å². The summed E-state index contributed by atoms with van der Waals surface area (Å²) in [5.74, 6) is 0.196. The molecule has 6 nitrogen and oxygen atoms in total. The quantitative estimate of drug-likeness (QED) is 0.813. The molecule has 2 saturated heterocycles. The highest BCUT2D eigenvalue weighted by Gasteiger charge is 2.38. The average molecular weight is 316 g/mol. The van der Waals surface area contributed by atoms with Crippen LogP contribution in [-0.4, -0.2) is 55.3 Å². The molecule has 2 rings (SSSR count). The van der Waals surface area contributed by atoms with Crippen molar-refractivity contribution in [3.8, 4) is 0 Å². The van der Waals surface area contributed by atoms with Gasteiger partial charge in [0.1, 0.15) is 15.9 Å². The summed E-state index contributed by atoms with van der Waals surface area (Å²) in [6, 6.07) is -0.538. The molecule has 2 unspecified atom stereocenters. The molecular formula is C14H24N2O4S. The summed E-state index contributed by atoms with van der Waals surface area (Å²) < 4.78 is 23.1. The molecule has 2 amide bonds. The molecule has 0 aliphatic carbocycles. The van der Waals surface area contributed by atoms with E-state index in [1.165, 1.54) is 0 Å². The van der Waals surface area contributed by atoms with Gasteiger partial charge in [-0.3, -0.25) is 9.59 Å². The van der Waals surface area contributed by atoms with Crippen molar-refractivity contribution in [2.75, 3.05) is 18.1 Å². The van der Waals surface area contributed by atoms with Crippen molar-refractivity contribution in [3.05, 3.63) is 0 Å². The van der Waals surface area contributed by atoms with E-state index in [9.17, 15) is 18.0 Å². The van der Waals surface area contributed by atoms with Crippen LogP contribution in [0.3, 0.4) is 0 Å². The number of hydrogen-bond acceptors (Lipinski definition) is 4. The van der Waals surface area contributed by atoms with Gasteiger partial charge in [-0.2, -0.15) is 0 Å². The molecule has 0 aromatic heterocycles. The number of sulfone groups is 1. The Bertz CT molecular complexity index is 503. The lowest BCUT2D eigenvalue weighted by molar-refractivity contribution is -0.137. The lowest BCUT2D eigenvalue weighted by Gasteiger charge is -2.35. The summed E-state index contributed by atoms with van der Waals surface area (Å²) in [5, 5.41) is 2.82. The van der Waals surface area contributed by atoms with Gasteiger partial charge in [0.15, 0.2) is 0 Å². The Morgan fingerprint density at radius 1 is 1.29 bits per heavy atom. The van der Waals surface area contributed by atoms with E-state index in [1.54, 1.807) is 4.90 Å². The van der Waals surface area contributed by atoms with Crippen molar-refractivity contribution in [1.82, 2.24) is 10.2 Å². The summed E-state index contributed by atoms with van der Waals surface area (Å²) in [6.07, 6.45) is 2.07. The fraction of sp³-hybridized carbons (Fsp3) is 0.857. The molecular weight excluding hydrogens is 292 g/mol. The van der Waals surface area contributed by atoms with Crippen LogP contribution in [0.15, 0.2) is 0 Å². The second-order valence-electron chi connectivity index (χ2n) is 6.10. The third-order valence-electron chi connectivity index (χ3n) is 4.62. The van der Waals surface area contributed by atoms with Crippen LogP contribution >= 0.6 is 0 Å². The lowest BCUT2D eigenvalue weighted by Crippen LogP contribution is -2.52. The van der Waals surface area contributed by atoms with E-state index >= 15 is 0 Å². The zero-order valence-electron chi connectivity index (χ0n) is 12.7. The van der Waals surface area contributed by atoms with Crippen molar-refractivity contribution in [2.24, 2.45) is 5.92 Å². The van der Waals surface area contributed by atoms with Gasteiger partial charge in [0.05, 0.1) is 11.5 Å². The van der Waals surface area contributed by atoms with Crippen molar-refractivity contribution in [1.29, 1.82) is 0 Å². The zero-order chi connectivity index (χ0) is 15.6.